The number of rotatable bonds is 3. The van der Waals surface area contributed by atoms with Gasteiger partial charge in [0.05, 0.1) is 0 Å². The fourth-order valence-electron chi connectivity index (χ4n) is 1.92. The molecule has 3 N–H and O–H groups in total. The molecule has 104 valence electrons. The third-order valence-corrected chi connectivity index (χ3v) is 3.36. The van der Waals surface area contributed by atoms with E-state index in [0.717, 1.165) is 5.56 Å². The molecule has 0 fully saturated rings. The summed E-state index contributed by atoms with van der Waals surface area (Å²) in [6.07, 6.45) is 0. The van der Waals surface area contributed by atoms with Crippen molar-refractivity contribution in [1.29, 1.82) is 0 Å². The molecule has 3 nitrogen and oxygen atoms in total. The van der Waals surface area contributed by atoms with Crippen molar-refractivity contribution in [2.45, 2.75) is 0 Å². The van der Waals surface area contributed by atoms with Crippen LogP contribution in [0.25, 0.3) is 5.57 Å². The average molecular weight is 310 g/mol. The van der Waals surface area contributed by atoms with E-state index in [1.807, 2.05) is 0 Å². The van der Waals surface area contributed by atoms with Crippen LogP contribution in [0.5, 0.6) is 11.5 Å². The fraction of sp³-hybridized carbons (Fsp3) is 0.0667. The fourth-order valence-corrected chi connectivity index (χ4v) is 2.44. The van der Waals surface area contributed by atoms with Crippen LogP contribution in [0.15, 0.2) is 36.9 Å². The Morgan fingerprint density at radius 3 is 2.10 bits per heavy atom. The monoisotopic (exact) mass is 309 g/mol. The highest BCUT2D eigenvalue weighted by molar-refractivity contribution is 6.34. The molecule has 2 aromatic carbocycles. The van der Waals surface area contributed by atoms with Crippen LogP contribution in [0, 0.1) is 0 Å². The summed E-state index contributed by atoms with van der Waals surface area (Å²) in [6, 6.07) is 7.98. The van der Waals surface area contributed by atoms with E-state index in [1.165, 1.54) is 12.1 Å². The number of benzene rings is 2. The minimum absolute atomic E-state index is 0.199. The Morgan fingerprint density at radius 2 is 1.55 bits per heavy atom. The van der Waals surface area contributed by atoms with Crippen LogP contribution in [-0.4, -0.2) is 17.3 Å². The SMILES string of the molecule is C=C(c1cc(Cl)cc(Cl)c1)c1cc(O)c(O)cc1NC. The van der Waals surface area contributed by atoms with Gasteiger partial charge in [0, 0.05) is 34.4 Å². The van der Waals surface area contributed by atoms with E-state index in [1.54, 1.807) is 25.2 Å². The van der Waals surface area contributed by atoms with Crippen LogP contribution < -0.4 is 5.32 Å². The number of aromatic hydroxyl groups is 2. The van der Waals surface area contributed by atoms with E-state index in [4.69, 9.17) is 23.2 Å². The van der Waals surface area contributed by atoms with Crippen LogP contribution in [0.3, 0.4) is 0 Å². The third kappa shape index (κ3) is 2.84. The lowest BCUT2D eigenvalue weighted by Gasteiger charge is -2.14. The van der Waals surface area contributed by atoms with E-state index < -0.39 is 0 Å². The first kappa shape index (κ1) is 14.6. The molecule has 0 aliphatic heterocycles. The molecule has 0 saturated carbocycles. The molecule has 0 spiro atoms. The van der Waals surface area contributed by atoms with Gasteiger partial charge in [-0.05, 0) is 35.4 Å². The van der Waals surface area contributed by atoms with Crippen LogP contribution >= 0.6 is 23.2 Å². The van der Waals surface area contributed by atoms with Crippen LogP contribution in [-0.2, 0) is 0 Å². The van der Waals surface area contributed by atoms with E-state index in [0.29, 0.717) is 26.9 Å². The van der Waals surface area contributed by atoms with Crippen molar-refractivity contribution in [3.8, 4) is 11.5 Å². The zero-order valence-electron chi connectivity index (χ0n) is 10.7. The second-order valence-electron chi connectivity index (χ2n) is 4.27. The molecule has 0 radical (unpaired) electrons. The van der Waals surface area contributed by atoms with Crippen molar-refractivity contribution >= 4 is 34.5 Å². The smallest absolute Gasteiger partial charge is 0.159 e. The molecular formula is C15H13Cl2NO2. The normalized spacial score (nSPS) is 10.3. The lowest BCUT2D eigenvalue weighted by atomic mass is 9.97. The average Bonchev–Trinajstić information content (AvgIpc) is 2.39. The van der Waals surface area contributed by atoms with Gasteiger partial charge in [-0.25, -0.2) is 0 Å². The highest BCUT2D eigenvalue weighted by atomic mass is 35.5. The summed E-state index contributed by atoms with van der Waals surface area (Å²) in [5.74, 6) is -0.414. The van der Waals surface area contributed by atoms with Gasteiger partial charge in [-0.15, -0.1) is 0 Å². The molecule has 2 aromatic rings. The van der Waals surface area contributed by atoms with E-state index >= 15 is 0 Å². The van der Waals surface area contributed by atoms with Gasteiger partial charge in [-0.3, -0.25) is 0 Å². The molecule has 0 aliphatic rings. The molecule has 5 heteroatoms. The maximum Gasteiger partial charge on any atom is 0.159 e. The summed E-state index contributed by atoms with van der Waals surface area (Å²) < 4.78 is 0. The van der Waals surface area contributed by atoms with Gasteiger partial charge in [-0.2, -0.15) is 0 Å². The second kappa shape index (κ2) is 5.65. The first-order valence-corrected chi connectivity index (χ1v) is 6.57. The van der Waals surface area contributed by atoms with Crippen molar-refractivity contribution in [3.05, 3.63) is 58.1 Å². The second-order valence-corrected chi connectivity index (χ2v) is 5.15. The molecule has 0 aliphatic carbocycles. The Morgan fingerprint density at radius 1 is 1.00 bits per heavy atom. The van der Waals surface area contributed by atoms with Crippen LogP contribution in [0.1, 0.15) is 11.1 Å². The number of phenols is 2. The van der Waals surface area contributed by atoms with E-state index in [9.17, 15) is 10.2 Å². The first-order chi connectivity index (χ1) is 9.42. The van der Waals surface area contributed by atoms with Gasteiger partial charge in [0.2, 0.25) is 0 Å². The zero-order valence-corrected chi connectivity index (χ0v) is 12.3. The Labute approximate surface area is 127 Å². The van der Waals surface area contributed by atoms with Gasteiger partial charge in [0.25, 0.3) is 0 Å². The van der Waals surface area contributed by atoms with Gasteiger partial charge in [0.1, 0.15) is 0 Å². The van der Waals surface area contributed by atoms with Crippen LogP contribution in [0.4, 0.5) is 5.69 Å². The zero-order chi connectivity index (χ0) is 14.9. The summed E-state index contributed by atoms with van der Waals surface area (Å²) in [6.45, 7) is 4.01. The number of anilines is 1. The van der Waals surface area contributed by atoms with Gasteiger partial charge >= 0.3 is 0 Å². The predicted octanol–water partition coefficient (Wildman–Crippen LogP) is 4.51. The van der Waals surface area contributed by atoms with Crippen molar-refractivity contribution in [1.82, 2.24) is 0 Å². The molecule has 2 rings (SSSR count). The lowest BCUT2D eigenvalue weighted by Crippen LogP contribution is -1.96. The highest BCUT2D eigenvalue weighted by Crippen LogP contribution is 2.37. The van der Waals surface area contributed by atoms with Crippen molar-refractivity contribution < 1.29 is 10.2 Å². The van der Waals surface area contributed by atoms with Gasteiger partial charge < -0.3 is 15.5 Å². The topological polar surface area (TPSA) is 52.5 Å². The number of halogens is 2. The number of phenolic OH excluding ortho intramolecular Hbond substituents is 2. The number of hydrogen-bond donors (Lipinski definition) is 3. The Bertz CT molecular complexity index is 664. The Balaban J connectivity index is 2.55. The maximum absolute atomic E-state index is 9.65. The molecule has 0 unspecified atom stereocenters. The summed E-state index contributed by atoms with van der Waals surface area (Å²) in [4.78, 5) is 0. The minimum atomic E-state index is -0.215. The molecule has 0 bridgehead atoms. The molecule has 0 amide bonds. The largest absolute Gasteiger partial charge is 0.504 e. The lowest BCUT2D eigenvalue weighted by molar-refractivity contribution is 0.404. The summed E-state index contributed by atoms with van der Waals surface area (Å²) in [5.41, 5.74) is 2.67. The van der Waals surface area contributed by atoms with Crippen molar-refractivity contribution in [2.75, 3.05) is 12.4 Å². The predicted molar refractivity (Wildman–Crippen MR) is 83.9 cm³/mol. The third-order valence-electron chi connectivity index (χ3n) is 2.92. The first-order valence-electron chi connectivity index (χ1n) is 5.82. The summed E-state index contributed by atoms with van der Waals surface area (Å²) >= 11 is 12.0. The van der Waals surface area contributed by atoms with E-state index in [2.05, 4.69) is 11.9 Å². The highest BCUT2D eigenvalue weighted by Gasteiger charge is 2.13. The molecule has 0 atom stereocenters. The molecular weight excluding hydrogens is 297 g/mol. The van der Waals surface area contributed by atoms with Gasteiger partial charge in [-0.1, -0.05) is 29.8 Å². The molecule has 20 heavy (non-hydrogen) atoms. The Hall–Kier alpha value is -1.84. The Kier molecular flexibility index (Phi) is 4.12. The molecule has 0 heterocycles. The molecule has 0 aromatic heterocycles. The van der Waals surface area contributed by atoms with E-state index in [-0.39, 0.29) is 11.5 Å². The quantitative estimate of drug-likeness (QED) is 0.577. The minimum Gasteiger partial charge on any atom is -0.504 e. The standard InChI is InChI=1S/C15H13Cl2NO2/c1-8(9-3-10(16)5-11(17)4-9)12-6-14(19)15(20)7-13(12)18-2/h3-7,18-20H,1H2,2H3. The number of nitrogens with one attached hydrogen (secondary N) is 1. The van der Waals surface area contributed by atoms with Gasteiger partial charge in [0.15, 0.2) is 11.5 Å². The maximum atomic E-state index is 9.65. The van der Waals surface area contributed by atoms with Crippen molar-refractivity contribution in [2.24, 2.45) is 0 Å². The number of hydrogen-bond acceptors (Lipinski definition) is 3. The molecule has 0 saturated heterocycles. The summed E-state index contributed by atoms with van der Waals surface area (Å²) in [7, 11) is 1.72. The summed E-state index contributed by atoms with van der Waals surface area (Å²) in [5, 5.41) is 23.1. The van der Waals surface area contributed by atoms with Crippen LogP contribution in [0.2, 0.25) is 10.0 Å². The van der Waals surface area contributed by atoms with Crippen molar-refractivity contribution in [3.63, 3.8) is 0 Å².